The van der Waals surface area contributed by atoms with Crippen molar-refractivity contribution in [2.45, 2.75) is 51.6 Å². The van der Waals surface area contributed by atoms with E-state index in [0.717, 1.165) is 5.92 Å². The number of aliphatic hydroxyl groups excluding tert-OH is 1. The summed E-state index contributed by atoms with van der Waals surface area (Å²) in [7, 11) is 0. The first-order valence-corrected chi connectivity index (χ1v) is 7.72. The summed E-state index contributed by atoms with van der Waals surface area (Å²) in [6.07, 6.45) is 7.87. The van der Waals surface area contributed by atoms with Gasteiger partial charge in [-0.1, -0.05) is 26.2 Å². The van der Waals surface area contributed by atoms with E-state index in [-0.39, 0.29) is 6.10 Å². The molecule has 2 unspecified atom stereocenters. The van der Waals surface area contributed by atoms with Gasteiger partial charge in [-0.3, -0.25) is 0 Å². The summed E-state index contributed by atoms with van der Waals surface area (Å²) in [6, 6.07) is 0. The van der Waals surface area contributed by atoms with Crippen molar-refractivity contribution in [2.75, 3.05) is 11.5 Å². The van der Waals surface area contributed by atoms with E-state index in [0.29, 0.717) is 11.8 Å². The van der Waals surface area contributed by atoms with Crippen LogP contribution >= 0.6 is 11.8 Å². The van der Waals surface area contributed by atoms with Crippen molar-refractivity contribution < 1.29 is 5.11 Å². The maximum Gasteiger partial charge on any atom is 0.0604 e. The normalized spacial score (nSPS) is 39.2. The monoisotopic (exact) mass is 228 g/mol. The molecule has 1 saturated heterocycles. The van der Waals surface area contributed by atoms with E-state index in [1.54, 1.807) is 0 Å². The molecule has 2 heteroatoms. The lowest BCUT2D eigenvalue weighted by atomic mass is 9.75. The van der Waals surface area contributed by atoms with Crippen molar-refractivity contribution >= 4 is 11.8 Å². The Morgan fingerprint density at radius 3 is 2.40 bits per heavy atom. The summed E-state index contributed by atoms with van der Waals surface area (Å²) in [5.41, 5.74) is 0. The molecule has 0 bridgehead atoms. The highest BCUT2D eigenvalue weighted by Crippen LogP contribution is 2.37. The highest BCUT2D eigenvalue weighted by molar-refractivity contribution is 7.99. The first kappa shape index (κ1) is 11.8. The van der Waals surface area contributed by atoms with Crippen LogP contribution in [-0.2, 0) is 0 Å². The van der Waals surface area contributed by atoms with Gasteiger partial charge in [0, 0.05) is 0 Å². The van der Waals surface area contributed by atoms with Crippen molar-refractivity contribution in [3.63, 3.8) is 0 Å². The molecule has 2 fully saturated rings. The Morgan fingerprint density at radius 1 is 1.13 bits per heavy atom. The lowest BCUT2D eigenvalue weighted by Gasteiger charge is -2.33. The molecule has 1 aliphatic heterocycles. The molecule has 2 aliphatic rings. The van der Waals surface area contributed by atoms with Gasteiger partial charge in [-0.25, -0.2) is 0 Å². The van der Waals surface area contributed by atoms with Crippen molar-refractivity contribution in [2.24, 2.45) is 17.8 Å². The number of thioether (sulfide) groups is 1. The molecule has 1 heterocycles. The van der Waals surface area contributed by atoms with Crippen LogP contribution in [0.3, 0.4) is 0 Å². The van der Waals surface area contributed by atoms with Crippen LogP contribution < -0.4 is 0 Å². The zero-order valence-electron chi connectivity index (χ0n) is 9.82. The molecule has 2 rings (SSSR count). The van der Waals surface area contributed by atoms with Gasteiger partial charge in [0.1, 0.15) is 0 Å². The minimum absolute atomic E-state index is 0.0119. The first-order valence-electron chi connectivity index (χ1n) is 6.57. The maximum atomic E-state index is 10.3. The summed E-state index contributed by atoms with van der Waals surface area (Å²) in [4.78, 5) is 0. The Morgan fingerprint density at radius 2 is 1.87 bits per heavy atom. The number of hydrogen-bond acceptors (Lipinski definition) is 2. The standard InChI is InChI=1S/C13H24OS/c1-2-10-3-5-11(6-4-10)13(14)12-7-8-15-9-12/h10-14H,2-9H2,1H3. The molecule has 0 aromatic rings. The Hall–Kier alpha value is 0.310. The van der Waals surface area contributed by atoms with E-state index < -0.39 is 0 Å². The SMILES string of the molecule is CCC1CCC(C(O)C2CCSC2)CC1. The molecular weight excluding hydrogens is 204 g/mol. The largest absolute Gasteiger partial charge is 0.393 e. The first-order chi connectivity index (χ1) is 7.31. The van der Waals surface area contributed by atoms with Gasteiger partial charge in [-0.15, -0.1) is 0 Å². The van der Waals surface area contributed by atoms with E-state index in [9.17, 15) is 5.11 Å². The van der Waals surface area contributed by atoms with Gasteiger partial charge >= 0.3 is 0 Å². The number of rotatable bonds is 3. The number of aliphatic hydroxyl groups is 1. The fourth-order valence-electron chi connectivity index (χ4n) is 3.15. The Labute approximate surface area is 98.0 Å². The van der Waals surface area contributed by atoms with Crippen molar-refractivity contribution in [3.05, 3.63) is 0 Å². The molecule has 1 saturated carbocycles. The molecule has 0 radical (unpaired) electrons. The predicted molar refractivity (Wildman–Crippen MR) is 67.2 cm³/mol. The smallest absolute Gasteiger partial charge is 0.0604 e. The van der Waals surface area contributed by atoms with Crippen LogP contribution in [0.4, 0.5) is 0 Å². The second-order valence-electron chi connectivity index (χ2n) is 5.30. The lowest BCUT2D eigenvalue weighted by Crippen LogP contribution is -2.32. The third-order valence-electron chi connectivity index (χ3n) is 4.40. The molecule has 1 aliphatic carbocycles. The van der Waals surface area contributed by atoms with Gasteiger partial charge < -0.3 is 5.11 Å². The van der Waals surface area contributed by atoms with Crippen LogP contribution in [0, 0.1) is 17.8 Å². The minimum atomic E-state index is 0.0119. The van der Waals surface area contributed by atoms with Crippen LogP contribution in [0.5, 0.6) is 0 Å². The molecular formula is C13H24OS. The Kier molecular flexibility index (Phi) is 4.39. The van der Waals surface area contributed by atoms with E-state index in [1.165, 1.54) is 50.0 Å². The topological polar surface area (TPSA) is 20.2 Å². The third-order valence-corrected chi connectivity index (χ3v) is 5.59. The maximum absolute atomic E-state index is 10.3. The molecule has 0 aromatic heterocycles. The molecule has 88 valence electrons. The molecule has 0 amide bonds. The second kappa shape index (κ2) is 5.58. The highest BCUT2D eigenvalue weighted by atomic mass is 32.2. The predicted octanol–water partition coefficient (Wildman–Crippen LogP) is 3.32. The summed E-state index contributed by atoms with van der Waals surface area (Å²) in [5, 5.41) is 10.3. The van der Waals surface area contributed by atoms with Gasteiger partial charge in [-0.05, 0) is 48.5 Å². The van der Waals surface area contributed by atoms with E-state index in [4.69, 9.17) is 0 Å². The van der Waals surface area contributed by atoms with Crippen LogP contribution in [0.1, 0.15) is 45.4 Å². The highest BCUT2D eigenvalue weighted by Gasteiger charge is 2.32. The van der Waals surface area contributed by atoms with Crippen LogP contribution in [0.2, 0.25) is 0 Å². The molecule has 0 spiro atoms. The van der Waals surface area contributed by atoms with Gasteiger partial charge in [0.2, 0.25) is 0 Å². The summed E-state index contributed by atoms with van der Waals surface area (Å²) < 4.78 is 0. The van der Waals surface area contributed by atoms with E-state index in [1.807, 2.05) is 11.8 Å². The van der Waals surface area contributed by atoms with Gasteiger partial charge in [0.25, 0.3) is 0 Å². The molecule has 0 aromatic carbocycles. The summed E-state index contributed by atoms with van der Waals surface area (Å²) in [6.45, 7) is 2.30. The quantitative estimate of drug-likeness (QED) is 0.799. The van der Waals surface area contributed by atoms with Crippen molar-refractivity contribution in [1.82, 2.24) is 0 Å². The third kappa shape index (κ3) is 2.91. The molecule has 2 atom stereocenters. The van der Waals surface area contributed by atoms with Crippen molar-refractivity contribution in [3.8, 4) is 0 Å². The minimum Gasteiger partial charge on any atom is -0.393 e. The fraction of sp³-hybridized carbons (Fsp3) is 1.00. The van der Waals surface area contributed by atoms with Crippen LogP contribution in [0.25, 0.3) is 0 Å². The average molecular weight is 228 g/mol. The summed E-state index contributed by atoms with van der Waals surface area (Å²) >= 11 is 2.02. The Bertz CT molecular complexity index is 181. The lowest BCUT2D eigenvalue weighted by molar-refractivity contribution is 0.0343. The molecule has 1 nitrogen and oxygen atoms in total. The fourth-order valence-corrected chi connectivity index (χ4v) is 4.45. The van der Waals surface area contributed by atoms with Crippen LogP contribution in [-0.4, -0.2) is 22.7 Å². The molecule has 1 N–H and O–H groups in total. The van der Waals surface area contributed by atoms with Crippen molar-refractivity contribution in [1.29, 1.82) is 0 Å². The van der Waals surface area contributed by atoms with E-state index in [2.05, 4.69) is 6.92 Å². The van der Waals surface area contributed by atoms with Gasteiger partial charge in [-0.2, -0.15) is 11.8 Å². The second-order valence-corrected chi connectivity index (χ2v) is 6.45. The summed E-state index contributed by atoms with van der Waals surface area (Å²) in [5.74, 6) is 4.65. The zero-order chi connectivity index (χ0) is 10.7. The van der Waals surface area contributed by atoms with E-state index >= 15 is 0 Å². The van der Waals surface area contributed by atoms with Gasteiger partial charge in [0.05, 0.1) is 6.10 Å². The number of hydrogen-bond donors (Lipinski definition) is 1. The van der Waals surface area contributed by atoms with Gasteiger partial charge in [0.15, 0.2) is 0 Å². The zero-order valence-corrected chi connectivity index (χ0v) is 10.6. The van der Waals surface area contributed by atoms with Crippen LogP contribution in [0.15, 0.2) is 0 Å². The Balaban J connectivity index is 1.78. The molecule has 15 heavy (non-hydrogen) atoms. The average Bonchev–Trinajstić information content (AvgIpc) is 2.82.